The van der Waals surface area contributed by atoms with Crippen LogP contribution in [0.2, 0.25) is 0 Å². The Morgan fingerprint density at radius 2 is 0.800 bits per heavy atom. The molecule has 0 spiro atoms. The van der Waals surface area contributed by atoms with E-state index in [4.69, 9.17) is 0 Å². The first-order valence-corrected chi connectivity index (χ1v) is 0. The smallest absolute Gasteiger partial charge is 2.00 e. The Morgan fingerprint density at radius 3 is 0.800 bits per heavy atom. The van der Waals surface area contributed by atoms with Crippen LogP contribution in [-0.4, -0.2) is 5.48 Å². The third-order valence-electron chi connectivity index (χ3n) is 0. The Balaban J connectivity index is 0. The van der Waals surface area contributed by atoms with Gasteiger partial charge in [-0.15, -0.1) is 0 Å². The van der Waals surface area contributed by atoms with E-state index in [1.165, 1.54) is 0 Å². The Labute approximate surface area is 55.7 Å². The summed E-state index contributed by atoms with van der Waals surface area (Å²) < 4.78 is 0. The summed E-state index contributed by atoms with van der Waals surface area (Å²) >= 11 is 0. The van der Waals surface area contributed by atoms with Crippen molar-refractivity contribution in [3.05, 3.63) is 0 Å². The maximum absolute atomic E-state index is 0. The van der Waals surface area contributed by atoms with Crippen molar-refractivity contribution in [3.8, 4) is 0 Å². The topological polar surface area (TPSA) is 87.0 Å². The summed E-state index contributed by atoms with van der Waals surface area (Å²) in [6.45, 7) is 0. The first-order chi connectivity index (χ1) is 0. The van der Waals surface area contributed by atoms with Crippen molar-refractivity contribution in [1.82, 2.24) is 0 Å². The molecule has 5 heteroatoms. The van der Waals surface area contributed by atoms with Crippen LogP contribution < -0.4 is 0 Å². The second kappa shape index (κ2) is 68.8. The Bertz CT molecular complexity index is 6.85. The van der Waals surface area contributed by atoms with Crippen LogP contribution in [0.3, 0.4) is 0 Å². The number of hydrogen-bond donors (Lipinski definition) is 0. The van der Waals surface area contributed by atoms with Gasteiger partial charge in [0.05, 0.1) is 0 Å². The monoisotopic (exact) mass is 149 g/mol. The zero-order valence-electron chi connectivity index (χ0n) is 2.17. The van der Waals surface area contributed by atoms with Crippen LogP contribution in [-0.2, 0) is 50.0 Å². The van der Waals surface area contributed by atoms with Crippen molar-refractivity contribution >= 4 is 0 Å². The Hall–Kier alpha value is 1.13. The third-order valence-corrected chi connectivity index (χ3v) is 0. The molecule has 0 bridgehead atoms. The molecular formula is HCrO3Ti+2. The second-order valence-electron chi connectivity index (χ2n) is 0. The average molecular weight is 149 g/mol. The molecule has 0 atom stereocenters. The van der Waals surface area contributed by atoms with Gasteiger partial charge < -0.3 is 16.4 Å². The van der Waals surface area contributed by atoms with Crippen LogP contribution in [0.4, 0.5) is 0 Å². The summed E-state index contributed by atoms with van der Waals surface area (Å²) in [5.74, 6) is 0. The summed E-state index contributed by atoms with van der Waals surface area (Å²) in [4.78, 5) is 0. The summed E-state index contributed by atoms with van der Waals surface area (Å²) in [5.41, 5.74) is 0. The van der Waals surface area contributed by atoms with Gasteiger partial charge in [-0.1, -0.05) is 0 Å². The fourth-order valence-electron chi connectivity index (χ4n) is 0. The zero-order chi connectivity index (χ0) is 0. The molecule has 27 valence electrons. The SMILES string of the molecule is [Cr+3].[O-2].[O-2].[OH-].[Ti+4]. The molecule has 0 aromatic carbocycles. The molecule has 0 aromatic heterocycles. The van der Waals surface area contributed by atoms with Crippen LogP contribution in [0.5, 0.6) is 0 Å². The van der Waals surface area contributed by atoms with E-state index in [1.54, 1.807) is 0 Å². The molecule has 5 heavy (non-hydrogen) atoms. The van der Waals surface area contributed by atoms with Crippen molar-refractivity contribution in [2.45, 2.75) is 0 Å². The van der Waals surface area contributed by atoms with E-state index in [1.807, 2.05) is 0 Å². The van der Waals surface area contributed by atoms with E-state index in [9.17, 15) is 0 Å². The van der Waals surface area contributed by atoms with E-state index in [2.05, 4.69) is 0 Å². The Kier molecular flexibility index (Phi) is 1740. The van der Waals surface area contributed by atoms with Gasteiger partial charge in [0.2, 0.25) is 0 Å². The summed E-state index contributed by atoms with van der Waals surface area (Å²) in [7, 11) is 0. The van der Waals surface area contributed by atoms with Crippen LogP contribution in [0, 0.1) is 0 Å². The molecule has 0 amide bonds. The van der Waals surface area contributed by atoms with Gasteiger partial charge >= 0.3 is 39.1 Å². The predicted octanol–water partition coefficient (Wildman–Crippen LogP) is -0.419. The van der Waals surface area contributed by atoms with Crippen LogP contribution >= 0.6 is 0 Å². The van der Waals surface area contributed by atoms with Gasteiger partial charge in [-0.25, -0.2) is 0 Å². The van der Waals surface area contributed by atoms with E-state index < -0.39 is 0 Å². The molecule has 0 unspecified atom stereocenters. The molecule has 0 aliphatic heterocycles. The minimum Gasteiger partial charge on any atom is -2.00 e. The average Bonchev–Trinajstić information content (AvgIpc) is 0. The molecule has 0 rings (SSSR count). The van der Waals surface area contributed by atoms with Gasteiger partial charge in [-0.2, -0.15) is 0 Å². The minimum absolute atomic E-state index is 0. The minimum atomic E-state index is 0. The molecular weight excluding hydrogens is 148 g/mol. The molecule has 0 aromatic rings. The van der Waals surface area contributed by atoms with Crippen LogP contribution in [0.25, 0.3) is 0 Å². The maximum atomic E-state index is 0. The maximum Gasteiger partial charge on any atom is 4.00 e. The number of rotatable bonds is 0. The molecule has 3 nitrogen and oxygen atoms in total. The largest absolute Gasteiger partial charge is 4.00 e. The second-order valence-corrected chi connectivity index (χ2v) is 0. The summed E-state index contributed by atoms with van der Waals surface area (Å²) in [6.07, 6.45) is 0. The van der Waals surface area contributed by atoms with E-state index in [0.717, 1.165) is 0 Å². The van der Waals surface area contributed by atoms with E-state index in [0.29, 0.717) is 0 Å². The van der Waals surface area contributed by atoms with Gasteiger partial charge in [0.25, 0.3) is 0 Å². The third kappa shape index (κ3) is 39.5. The van der Waals surface area contributed by atoms with Crippen molar-refractivity contribution in [2.75, 3.05) is 0 Å². The fourth-order valence-corrected chi connectivity index (χ4v) is 0. The molecule has 0 aliphatic carbocycles. The van der Waals surface area contributed by atoms with Gasteiger partial charge in [0.15, 0.2) is 0 Å². The van der Waals surface area contributed by atoms with E-state index >= 15 is 0 Å². The number of hydrogen-bond acceptors (Lipinski definition) is 1. The molecule has 0 saturated carbocycles. The first-order valence-electron chi connectivity index (χ1n) is 0. The van der Waals surface area contributed by atoms with Crippen LogP contribution in [0.15, 0.2) is 0 Å². The van der Waals surface area contributed by atoms with E-state index in [-0.39, 0.29) is 55.5 Å². The standard InChI is InChI=1S/Cr.H2O.2O.Ti/h;1H2;;;/q+3;;2*-2;+4/p-1. The van der Waals surface area contributed by atoms with Crippen molar-refractivity contribution in [3.63, 3.8) is 0 Å². The molecule has 0 saturated heterocycles. The quantitative estimate of drug-likeness (QED) is 0.430. The van der Waals surface area contributed by atoms with Gasteiger partial charge in [0.1, 0.15) is 0 Å². The molecule has 1 N–H and O–H groups in total. The summed E-state index contributed by atoms with van der Waals surface area (Å²) in [5, 5.41) is 0. The fraction of sp³-hybridized carbons (Fsp3) is 0. The molecule has 0 aliphatic rings. The zero-order valence-corrected chi connectivity index (χ0v) is 5.01. The van der Waals surface area contributed by atoms with Gasteiger partial charge in [-0.05, 0) is 0 Å². The van der Waals surface area contributed by atoms with Crippen molar-refractivity contribution in [2.24, 2.45) is 0 Å². The van der Waals surface area contributed by atoms with Crippen molar-refractivity contribution < 1.29 is 55.5 Å². The van der Waals surface area contributed by atoms with Gasteiger partial charge in [-0.3, -0.25) is 0 Å². The summed E-state index contributed by atoms with van der Waals surface area (Å²) in [6, 6.07) is 0. The molecule has 0 fully saturated rings. The normalized spacial score (nSPS) is 0. The predicted molar refractivity (Wildman–Crippen MR) is 3.31 cm³/mol. The van der Waals surface area contributed by atoms with Gasteiger partial charge in [0, 0.05) is 0 Å². The molecule has 1 radical (unpaired) electrons. The van der Waals surface area contributed by atoms with Crippen LogP contribution in [0.1, 0.15) is 0 Å². The Morgan fingerprint density at radius 1 is 0.800 bits per heavy atom. The first kappa shape index (κ1) is 127. The molecule has 0 heterocycles. The van der Waals surface area contributed by atoms with Crippen molar-refractivity contribution in [1.29, 1.82) is 0 Å².